The number of nitrogens with one attached hydrogen (secondary N) is 2. The normalized spacial score (nSPS) is 19.9. The van der Waals surface area contributed by atoms with Crippen molar-refractivity contribution in [3.63, 3.8) is 0 Å². The average molecular weight is 340 g/mol. The Balaban J connectivity index is 1.52. The molecule has 1 heterocycles. The summed E-state index contributed by atoms with van der Waals surface area (Å²) in [6, 6.07) is 8.42. The van der Waals surface area contributed by atoms with Crippen LogP contribution in [-0.2, 0) is 13.6 Å². The van der Waals surface area contributed by atoms with E-state index in [-0.39, 0.29) is 5.91 Å². The predicted octanol–water partition coefficient (Wildman–Crippen LogP) is 2.99. The lowest BCUT2D eigenvalue weighted by atomic mass is 10.1. The highest BCUT2D eigenvalue weighted by Crippen LogP contribution is 2.33. The number of nitrogens with zero attached hydrogens (tertiary/aromatic N) is 2. The van der Waals surface area contributed by atoms with E-state index < -0.39 is 0 Å². The molecular weight excluding hydrogens is 312 g/mol. The van der Waals surface area contributed by atoms with E-state index in [9.17, 15) is 4.79 Å². The quantitative estimate of drug-likeness (QED) is 0.815. The SMILES string of the molecule is CCCNC(=O)c1cccc(CN[C@@H]2CC[C@H](c3nccn3C)C2)c1. The molecule has 2 atom stereocenters. The largest absolute Gasteiger partial charge is 0.352 e. The van der Waals surface area contributed by atoms with E-state index >= 15 is 0 Å². The number of hydrogen-bond donors (Lipinski definition) is 2. The van der Waals surface area contributed by atoms with Gasteiger partial charge in [-0.15, -0.1) is 0 Å². The van der Waals surface area contributed by atoms with Crippen LogP contribution in [-0.4, -0.2) is 28.0 Å². The van der Waals surface area contributed by atoms with Crippen molar-refractivity contribution in [3.05, 3.63) is 53.6 Å². The van der Waals surface area contributed by atoms with Gasteiger partial charge in [-0.1, -0.05) is 19.1 Å². The number of rotatable bonds is 7. The second-order valence-corrected chi connectivity index (χ2v) is 6.94. The number of carbonyl (C=O) groups excluding carboxylic acids is 1. The fraction of sp³-hybridized carbons (Fsp3) is 0.500. The van der Waals surface area contributed by atoms with Crippen molar-refractivity contribution in [1.82, 2.24) is 20.2 Å². The number of benzene rings is 1. The molecule has 0 spiro atoms. The van der Waals surface area contributed by atoms with Crippen molar-refractivity contribution in [2.75, 3.05) is 6.54 Å². The Bertz CT molecular complexity index is 709. The van der Waals surface area contributed by atoms with E-state index in [0.29, 0.717) is 12.0 Å². The number of aromatic nitrogens is 2. The predicted molar refractivity (Wildman–Crippen MR) is 99.5 cm³/mol. The Hall–Kier alpha value is -2.14. The first-order valence-electron chi connectivity index (χ1n) is 9.25. The zero-order chi connectivity index (χ0) is 17.6. The average Bonchev–Trinajstić information content (AvgIpc) is 3.26. The standard InChI is InChI=1S/C20H28N4O/c1-3-9-22-20(25)17-6-4-5-15(12-17)14-23-18-8-7-16(13-18)19-21-10-11-24(19)2/h4-6,10-12,16,18,23H,3,7-9,13-14H2,1-2H3,(H,22,25)/t16-,18+/m0/s1. The van der Waals surface area contributed by atoms with E-state index in [0.717, 1.165) is 37.1 Å². The minimum atomic E-state index is 0.0133. The maximum absolute atomic E-state index is 12.1. The number of imidazole rings is 1. The molecule has 2 N–H and O–H groups in total. The molecule has 0 aliphatic heterocycles. The molecule has 1 aromatic carbocycles. The molecule has 1 aliphatic carbocycles. The first-order valence-corrected chi connectivity index (χ1v) is 9.25. The summed E-state index contributed by atoms with van der Waals surface area (Å²) in [6.45, 7) is 3.57. The highest BCUT2D eigenvalue weighted by Gasteiger charge is 2.27. The molecule has 1 fully saturated rings. The van der Waals surface area contributed by atoms with Crippen molar-refractivity contribution in [2.24, 2.45) is 7.05 Å². The molecular formula is C20H28N4O. The van der Waals surface area contributed by atoms with Crippen LogP contribution in [0.3, 0.4) is 0 Å². The number of aryl methyl sites for hydroxylation is 1. The summed E-state index contributed by atoms with van der Waals surface area (Å²) in [7, 11) is 2.07. The minimum Gasteiger partial charge on any atom is -0.352 e. The third kappa shape index (κ3) is 4.48. The molecule has 1 saturated carbocycles. The third-order valence-electron chi connectivity index (χ3n) is 4.98. The number of carbonyl (C=O) groups is 1. The van der Waals surface area contributed by atoms with Crippen LogP contribution in [0.2, 0.25) is 0 Å². The van der Waals surface area contributed by atoms with Crippen LogP contribution >= 0.6 is 0 Å². The zero-order valence-electron chi connectivity index (χ0n) is 15.2. The van der Waals surface area contributed by atoms with E-state index in [1.165, 1.54) is 18.7 Å². The van der Waals surface area contributed by atoms with Gasteiger partial charge in [-0.2, -0.15) is 0 Å². The second kappa shape index (κ2) is 8.30. The van der Waals surface area contributed by atoms with Gasteiger partial charge in [-0.25, -0.2) is 4.98 Å². The van der Waals surface area contributed by atoms with Crippen LogP contribution < -0.4 is 10.6 Å². The number of amides is 1. The molecule has 2 aromatic rings. The maximum Gasteiger partial charge on any atom is 0.251 e. The van der Waals surface area contributed by atoms with Gasteiger partial charge in [0.15, 0.2) is 0 Å². The van der Waals surface area contributed by atoms with Crippen molar-refractivity contribution >= 4 is 5.91 Å². The zero-order valence-corrected chi connectivity index (χ0v) is 15.2. The first kappa shape index (κ1) is 17.7. The lowest BCUT2D eigenvalue weighted by Gasteiger charge is -2.14. The smallest absolute Gasteiger partial charge is 0.251 e. The summed E-state index contributed by atoms with van der Waals surface area (Å²) in [5.74, 6) is 1.75. The molecule has 0 bridgehead atoms. The molecule has 1 amide bonds. The fourth-order valence-corrected chi connectivity index (χ4v) is 3.60. The lowest BCUT2D eigenvalue weighted by molar-refractivity contribution is 0.0953. The molecule has 3 rings (SSSR count). The van der Waals surface area contributed by atoms with Crippen LogP contribution in [0.15, 0.2) is 36.7 Å². The summed E-state index contributed by atoms with van der Waals surface area (Å²) < 4.78 is 2.13. The summed E-state index contributed by atoms with van der Waals surface area (Å²) in [5, 5.41) is 6.58. The fourth-order valence-electron chi connectivity index (χ4n) is 3.60. The number of hydrogen-bond acceptors (Lipinski definition) is 3. The summed E-state index contributed by atoms with van der Waals surface area (Å²) in [5.41, 5.74) is 1.90. The van der Waals surface area contributed by atoms with Crippen LogP contribution in [0, 0.1) is 0 Å². The van der Waals surface area contributed by atoms with Gasteiger partial charge in [0, 0.05) is 50.1 Å². The van der Waals surface area contributed by atoms with Crippen LogP contribution in [0.4, 0.5) is 0 Å². The Kier molecular flexibility index (Phi) is 5.87. The van der Waals surface area contributed by atoms with Gasteiger partial charge in [0.1, 0.15) is 5.82 Å². The van der Waals surface area contributed by atoms with Crippen molar-refractivity contribution in [2.45, 2.75) is 51.1 Å². The molecule has 1 aliphatic rings. The second-order valence-electron chi connectivity index (χ2n) is 6.94. The molecule has 0 radical (unpaired) electrons. The van der Waals surface area contributed by atoms with Crippen LogP contribution in [0.25, 0.3) is 0 Å². The van der Waals surface area contributed by atoms with Crippen LogP contribution in [0.5, 0.6) is 0 Å². The van der Waals surface area contributed by atoms with Crippen molar-refractivity contribution in [3.8, 4) is 0 Å². The summed E-state index contributed by atoms with van der Waals surface area (Å²) >= 11 is 0. The molecule has 5 nitrogen and oxygen atoms in total. The highest BCUT2D eigenvalue weighted by molar-refractivity contribution is 5.94. The molecule has 5 heteroatoms. The van der Waals surface area contributed by atoms with Gasteiger partial charge in [-0.3, -0.25) is 4.79 Å². The van der Waals surface area contributed by atoms with E-state index in [4.69, 9.17) is 0 Å². The molecule has 0 unspecified atom stereocenters. The Morgan fingerprint density at radius 3 is 3.00 bits per heavy atom. The van der Waals surface area contributed by atoms with Gasteiger partial charge in [0.25, 0.3) is 5.91 Å². The summed E-state index contributed by atoms with van der Waals surface area (Å²) in [4.78, 5) is 16.6. The summed E-state index contributed by atoms with van der Waals surface area (Å²) in [6.07, 6.45) is 8.33. The van der Waals surface area contributed by atoms with Gasteiger partial charge >= 0.3 is 0 Å². The Morgan fingerprint density at radius 1 is 1.36 bits per heavy atom. The molecule has 0 saturated heterocycles. The van der Waals surface area contributed by atoms with E-state index in [1.54, 1.807) is 0 Å². The van der Waals surface area contributed by atoms with E-state index in [2.05, 4.69) is 40.2 Å². The van der Waals surface area contributed by atoms with Crippen molar-refractivity contribution < 1.29 is 4.79 Å². The van der Waals surface area contributed by atoms with Gasteiger partial charge in [-0.05, 0) is 43.4 Å². The Morgan fingerprint density at radius 2 is 2.24 bits per heavy atom. The van der Waals surface area contributed by atoms with Crippen LogP contribution in [0.1, 0.15) is 60.3 Å². The highest BCUT2D eigenvalue weighted by atomic mass is 16.1. The first-order chi connectivity index (χ1) is 12.2. The lowest BCUT2D eigenvalue weighted by Crippen LogP contribution is -2.27. The topological polar surface area (TPSA) is 59.0 Å². The monoisotopic (exact) mass is 340 g/mol. The van der Waals surface area contributed by atoms with E-state index in [1.807, 2.05) is 30.6 Å². The molecule has 25 heavy (non-hydrogen) atoms. The molecule has 134 valence electrons. The maximum atomic E-state index is 12.1. The Labute approximate surface area is 149 Å². The minimum absolute atomic E-state index is 0.0133. The molecule has 1 aromatic heterocycles. The van der Waals surface area contributed by atoms with Gasteiger partial charge in [0.2, 0.25) is 0 Å². The van der Waals surface area contributed by atoms with Gasteiger partial charge in [0.05, 0.1) is 0 Å². The van der Waals surface area contributed by atoms with Crippen molar-refractivity contribution in [1.29, 1.82) is 0 Å². The third-order valence-corrected chi connectivity index (χ3v) is 4.98. The van der Waals surface area contributed by atoms with Gasteiger partial charge < -0.3 is 15.2 Å².